The molecule has 1 unspecified atom stereocenters. The van der Waals surface area contributed by atoms with E-state index in [2.05, 4.69) is 4.98 Å². The summed E-state index contributed by atoms with van der Waals surface area (Å²) in [7, 11) is 1.60. The topological polar surface area (TPSA) is 91.9 Å². The summed E-state index contributed by atoms with van der Waals surface area (Å²) in [5.74, 6) is -0.835. The Kier molecular flexibility index (Phi) is 7.52. The van der Waals surface area contributed by atoms with Gasteiger partial charge in [0.1, 0.15) is 18.1 Å². The highest BCUT2D eigenvalue weighted by Crippen LogP contribution is 2.43. The van der Waals surface area contributed by atoms with Crippen LogP contribution in [0.3, 0.4) is 0 Å². The highest BCUT2D eigenvalue weighted by Gasteiger charge is 2.47. The molecule has 5 rings (SSSR count). The molecule has 0 bridgehead atoms. The fourth-order valence-corrected chi connectivity index (χ4v) is 5.29. The number of aryl methyl sites for hydroxylation is 2. The van der Waals surface area contributed by atoms with Crippen LogP contribution in [0.2, 0.25) is 0 Å². The number of Topliss-reactive ketones (excluding diaryl/α,β-unsaturated/α-hetero) is 1. The Hall–Kier alpha value is -4.36. The van der Waals surface area contributed by atoms with Gasteiger partial charge < -0.3 is 24.5 Å². The maximum absolute atomic E-state index is 13.5. The number of hydrogen-bond acceptors (Lipinski definition) is 5. The Morgan fingerprint density at radius 2 is 1.74 bits per heavy atom. The monoisotopic (exact) mass is 524 g/mol. The van der Waals surface area contributed by atoms with Gasteiger partial charge in [-0.15, -0.1) is 0 Å². The van der Waals surface area contributed by atoms with E-state index in [-0.39, 0.29) is 11.3 Å². The molecule has 1 aliphatic rings. The van der Waals surface area contributed by atoms with Crippen molar-refractivity contribution in [3.63, 3.8) is 0 Å². The van der Waals surface area contributed by atoms with Crippen molar-refractivity contribution in [2.45, 2.75) is 32.9 Å². The highest BCUT2D eigenvalue weighted by molar-refractivity contribution is 6.46. The summed E-state index contributed by atoms with van der Waals surface area (Å²) in [5, 5.41) is 12.5. The minimum absolute atomic E-state index is 0.0858. The molecule has 1 amide bonds. The van der Waals surface area contributed by atoms with Crippen LogP contribution in [0.15, 0.2) is 78.4 Å². The quantitative estimate of drug-likeness (QED) is 0.125. The van der Waals surface area contributed by atoms with E-state index in [4.69, 9.17) is 9.47 Å². The first-order valence-electron chi connectivity index (χ1n) is 13.0. The van der Waals surface area contributed by atoms with Gasteiger partial charge in [-0.1, -0.05) is 48.5 Å². The van der Waals surface area contributed by atoms with Crippen LogP contribution in [0.1, 0.15) is 40.4 Å². The van der Waals surface area contributed by atoms with E-state index >= 15 is 0 Å². The minimum atomic E-state index is -0.729. The number of methoxy groups -OCH3 is 1. The molecule has 39 heavy (non-hydrogen) atoms. The first kappa shape index (κ1) is 26.3. The van der Waals surface area contributed by atoms with Crippen molar-refractivity contribution in [1.82, 2.24) is 9.88 Å². The number of aromatic nitrogens is 1. The number of ketones is 1. The fourth-order valence-electron chi connectivity index (χ4n) is 5.29. The van der Waals surface area contributed by atoms with Crippen molar-refractivity contribution in [3.05, 3.63) is 106 Å². The van der Waals surface area contributed by atoms with Gasteiger partial charge in [-0.2, -0.15) is 0 Å². The number of para-hydroxylation sites is 1. The molecule has 0 spiro atoms. The number of carbonyl (C=O) groups is 2. The zero-order valence-corrected chi connectivity index (χ0v) is 22.4. The SMILES string of the molecule is COCCCN1C(=O)C(=O)/C(=C(/O)c2ccc(OCc3ccccc3)c(C)c2)C1c1c(C)[nH]c2ccccc12. The molecule has 2 N–H and O–H groups in total. The van der Waals surface area contributed by atoms with Gasteiger partial charge in [0.25, 0.3) is 11.7 Å². The Bertz CT molecular complexity index is 1550. The number of amides is 1. The second kappa shape index (κ2) is 11.2. The predicted molar refractivity (Wildman–Crippen MR) is 150 cm³/mol. The number of rotatable bonds is 9. The number of likely N-dealkylation sites (tertiary alicyclic amines) is 1. The lowest BCUT2D eigenvalue weighted by Crippen LogP contribution is -2.31. The lowest BCUT2D eigenvalue weighted by molar-refractivity contribution is -0.140. The molecule has 1 aliphatic heterocycles. The Labute approximate surface area is 227 Å². The van der Waals surface area contributed by atoms with Crippen LogP contribution in [0.25, 0.3) is 16.7 Å². The van der Waals surface area contributed by atoms with Crippen molar-refractivity contribution >= 4 is 28.4 Å². The van der Waals surface area contributed by atoms with Crippen LogP contribution < -0.4 is 4.74 Å². The Balaban J connectivity index is 1.56. The normalized spacial score (nSPS) is 16.8. The van der Waals surface area contributed by atoms with Crippen molar-refractivity contribution in [1.29, 1.82) is 0 Å². The minimum Gasteiger partial charge on any atom is -0.507 e. The molecule has 7 heteroatoms. The number of H-pyrrole nitrogens is 1. The number of aliphatic hydroxyl groups is 1. The van der Waals surface area contributed by atoms with Gasteiger partial charge in [0.05, 0.1) is 11.6 Å². The summed E-state index contributed by atoms with van der Waals surface area (Å²) in [5.41, 5.74) is 4.95. The molecule has 0 saturated carbocycles. The number of nitrogens with one attached hydrogen (secondary N) is 1. The first-order chi connectivity index (χ1) is 18.9. The molecular weight excluding hydrogens is 492 g/mol. The fraction of sp³-hybridized carbons (Fsp3) is 0.250. The number of ether oxygens (including phenoxy) is 2. The third-order valence-electron chi connectivity index (χ3n) is 7.19. The summed E-state index contributed by atoms with van der Waals surface area (Å²) in [6, 6.07) is 22.2. The van der Waals surface area contributed by atoms with Crippen LogP contribution >= 0.6 is 0 Å². The summed E-state index contributed by atoms with van der Waals surface area (Å²) in [6.07, 6.45) is 0.564. The van der Waals surface area contributed by atoms with Crippen LogP contribution in [0.4, 0.5) is 0 Å². The summed E-state index contributed by atoms with van der Waals surface area (Å²) < 4.78 is 11.2. The van der Waals surface area contributed by atoms with Gasteiger partial charge >= 0.3 is 0 Å². The van der Waals surface area contributed by atoms with Crippen LogP contribution in [0, 0.1) is 13.8 Å². The molecule has 4 aromatic rings. The zero-order valence-electron chi connectivity index (χ0n) is 22.4. The molecule has 7 nitrogen and oxygen atoms in total. The first-order valence-corrected chi connectivity index (χ1v) is 13.0. The molecule has 1 aromatic heterocycles. The van der Waals surface area contributed by atoms with Gasteiger partial charge in [0, 0.05) is 48.0 Å². The third-order valence-corrected chi connectivity index (χ3v) is 7.19. The van der Waals surface area contributed by atoms with E-state index in [1.165, 1.54) is 0 Å². The summed E-state index contributed by atoms with van der Waals surface area (Å²) >= 11 is 0. The van der Waals surface area contributed by atoms with Crippen molar-refractivity contribution in [2.75, 3.05) is 20.3 Å². The Morgan fingerprint density at radius 3 is 2.49 bits per heavy atom. The number of fused-ring (bicyclic) bond motifs is 1. The molecule has 2 heterocycles. The molecule has 200 valence electrons. The number of aromatic amines is 1. The largest absolute Gasteiger partial charge is 0.507 e. The molecule has 1 fully saturated rings. The average Bonchev–Trinajstić information content (AvgIpc) is 3.40. The van der Waals surface area contributed by atoms with Crippen molar-refractivity contribution in [3.8, 4) is 5.75 Å². The van der Waals surface area contributed by atoms with Gasteiger partial charge in [0.2, 0.25) is 0 Å². The zero-order chi connectivity index (χ0) is 27.5. The predicted octanol–water partition coefficient (Wildman–Crippen LogP) is 5.82. The molecular formula is C32H32N2O5. The maximum atomic E-state index is 13.5. The van der Waals surface area contributed by atoms with Gasteiger partial charge in [-0.25, -0.2) is 0 Å². The van der Waals surface area contributed by atoms with Crippen LogP contribution in [0.5, 0.6) is 5.75 Å². The molecule has 1 saturated heterocycles. The van der Waals surface area contributed by atoms with E-state index < -0.39 is 17.7 Å². The molecule has 3 aromatic carbocycles. The van der Waals surface area contributed by atoms with Crippen LogP contribution in [-0.4, -0.2) is 46.9 Å². The second-order valence-corrected chi connectivity index (χ2v) is 9.80. The summed E-state index contributed by atoms with van der Waals surface area (Å²) in [4.78, 5) is 31.7. The van der Waals surface area contributed by atoms with Gasteiger partial charge in [-0.3, -0.25) is 9.59 Å². The lowest BCUT2D eigenvalue weighted by atomic mass is 9.93. The second-order valence-electron chi connectivity index (χ2n) is 9.80. The number of benzene rings is 3. The summed E-state index contributed by atoms with van der Waals surface area (Å²) in [6.45, 7) is 5.01. The Morgan fingerprint density at radius 1 is 1.00 bits per heavy atom. The van der Waals surface area contributed by atoms with E-state index in [0.717, 1.165) is 33.3 Å². The highest BCUT2D eigenvalue weighted by atomic mass is 16.5. The number of hydrogen-bond donors (Lipinski definition) is 2. The van der Waals surface area contributed by atoms with Crippen molar-refractivity contribution in [2.24, 2.45) is 0 Å². The maximum Gasteiger partial charge on any atom is 0.295 e. The van der Waals surface area contributed by atoms with E-state index in [1.54, 1.807) is 30.2 Å². The van der Waals surface area contributed by atoms with E-state index in [0.29, 0.717) is 37.5 Å². The molecule has 0 aliphatic carbocycles. The van der Waals surface area contributed by atoms with E-state index in [9.17, 15) is 14.7 Å². The van der Waals surface area contributed by atoms with Crippen molar-refractivity contribution < 1.29 is 24.2 Å². The van der Waals surface area contributed by atoms with E-state index in [1.807, 2.05) is 68.4 Å². The van der Waals surface area contributed by atoms with Gasteiger partial charge in [-0.05, 0) is 55.7 Å². The number of aliphatic hydroxyl groups excluding tert-OH is 1. The molecule has 1 atom stereocenters. The van der Waals surface area contributed by atoms with Gasteiger partial charge in [0.15, 0.2) is 0 Å². The third kappa shape index (κ3) is 5.05. The lowest BCUT2D eigenvalue weighted by Gasteiger charge is -2.25. The molecule has 0 radical (unpaired) electrons. The number of carbonyl (C=O) groups excluding carboxylic acids is 2. The number of nitrogens with zero attached hydrogens (tertiary/aromatic N) is 1. The smallest absolute Gasteiger partial charge is 0.295 e. The van der Waals surface area contributed by atoms with Crippen LogP contribution in [-0.2, 0) is 20.9 Å². The standard InChI is InChI=1S/C32H32N2O5/c1-20-18-23(14-15-26(20)39-19-22-10-5-4-6-11-22)30(35)28-29(34(16-9-17-38-3)32(37)31(28)36)27-21(2)33-25-13-8-7-12-24(25)27/h4-8,10-15,18,29,33,35H,9,16-17,19H2,1-3H3/b30-28+. The average molecular weight is 525 g/mol.